The molecule has 3 rings (SSSR count). The summed E-state index contributed by atoms with van der Waals surface area (Å²) >= 11 is 0. The number of aromatic nitrogens is 3. The molecule has 0 amide bonds. The van der Waals surface area contributed by atoms with Crippen LogP contribution >= 0.6 is 0 Å². The fraction of sp³-hybridized carbons (Fsp3) is 0.167. The largest absolute Gasteiger partial charge is 0.387 e. The Balaban J connectivity index is 1.69. The summed E-state index contributed by atoms with van der Waals surface area (Å²) in [5, 5.41) is 13.3. The van der Waals surface area contributed by atoms with Gasteiger partial charge in [-0.3, -0.25) is 4.98 Å². The molecule has 116 valence electrons. The van der Waals surface area contributed by atoms with Crippen LogP contribution in [0.5, 0.6) is 0 Å². The van der Waals surface area contributed by atoms with Crippen LogP contribution in [0, 0.1) is 6.92 Å². The molecular weight excluding hydrogens is 288 g/mol. The van der Waals surface area contributed by atoms with Crippen molar-refractivity contribution in [1.82, 2.24) is 15.0 Å². The van der Waals surface area contributed by atoms with Gasteiger partial charge in [-0.1, -0.05) is 30.3 Å². The van der Waals surface area contributed by atoms with Gasteiger partial charge in [0, 0.05) is 30.1 Å². The fourth-order valence-electron chi connectivity index (χ4n) is 2.23. The highest BCUT2D eigenvalue weighted by atomic mass is 16.3. The molecule has 0 saturated heterocycles. The van der Waals surface area contributed by atoms with E-state index in [-0.39, 0.29) is 0 Å². The number of hydrogen-bond acceptors (Lipinski definition) is 5. The second kappa shape index (κ2) is 6.98. The van der Waals surface area contributed by atoms with Crippen LogP contribution < -0.4 is 5.32 Å². The standard InChI is InChI=1S/C18H18N4O/c1-13-7-8-15(10-19-13)16-9-18(22-12-21-16)20-11-17(23)14-5-3-2-4-6-14/h2-10,12,17,23H,11H2,1H3,(H,20,21,22). The van der Waals surface area contributed by atoms with Gasteiger partial charge in [0.1, 0.15) is 12.1 Å². The first-order valence-electron chi connectivity index (χ1n) is 7.44. The lowest BCUT2D eigenvalue weighted by atomic mass is 10.1. The zero-order chi connectivity index (χ0) is 16.1. The van der Waals surface area contributed by atoms with Crippen LogP contribution in [-0.2, 0) is 0 Å². The van der Waals surface area contributed by atoms with Crippen molar-refractivity contribution in [3.8, 4) is 11.3 Å². The number of aryl methyl sites for hydroxylation is 1. The van der Waals surface area contributed by atoms with E-state index in [1.54, 1.807) is 6.20 Å². The minimum Gasteiger partial charge on any atom is -0.387 e. The summed E-state index contributed by atoms with van der Waals surface area (Å²) in [6, 6.07) is 15.3. The van der Waals surface area contributed by atoms with E-state index in [0.717, 1.165) is 22.5 Å². The third kappa shape index (κ3) is 3.90. The van der Waals surface area contributed by atoms with Crippen molar-refractivity contribution in [3.05, 3.63) is 72.3 Å². The molecule has 2 aromatic heterocycles. The van der Waals surface area contributed by atoms with E-state index in [4.69, 9.17) is 0 Å². The van der Waals surface area contributed by atoms with Gasteiger partial charge < -0.3 is 10.4 Å². The van der Waals surface area contributed by atoms with Gasteiger partial charge in [0.2, 0.25) is 0 Å². The first-order chi connectivity index (χ1) is 11.2. The second-order valence-corrected chi connectivity index (χ2v) is 5.28. The number of pyridine rings is 1. The third-order valence-electron chi connectivity index (χ3n) is 3.54. The maximum atomic E-state index is 10.2. The number of nitrogens with one attached hydrogen (secondary N) is 1. The van der Waals surface area contributed by atoms with Crippen LogP contribution in [0.3, 0.4) is 0 Å². The molecule has 1 unspecified atom stereocenters. The summed E-state index contributed by atoms with van der Waals surface area (Å²) in [4.78, 5) is 12.7. The molecule has 3 aromatic rings. The van der Waals surface area contributed by atoms with Crippen molar-refractivity contribution in [2.24, 2.45) is 0 Å². The lowest BCUT2D eigenvalue weighted by Gasteiger charge is -2.13. The Hall–Kier alpha value is -2.79. The van der Waals surface area contributed by atoms with Crippen LogP contribution in [0.4, 0.5) is 5.82 Å². The quantitative estimate of drug-likeness (QED) is 0.758. The topological polar surface area (TPSA) is 70.9 Å². The number of benzene rings is 1. The number of hydrogen-bond donors (Lipinski definition) is 2. The van der Waals surface area contributed by atoms with Crippen LogP contribution in [0.25, 0.3) is 11.3 Å². The highest BCUT2D eigenvalue weighted by Gasteiger charge is 2.08. The summed E-state index contributed by atoms with van der Waals surface area (Å²) in [6.45, 7) is 2.33. The maximum Gasteiger partial charge on any atom is 0.130 e. The molecule has 5 nitrogen and oxygen atoms in total. The van der Waals surface area contributed by atoms with E-state index in [9.17, 15) is 5.11 Å². The zero-order valence-corrected chi connectivity index (χ0v) is 12.8. The Morgan fingerprint density at radius 1 is 1.04 bits per heavy atom. The van der Waals surface area contributed by atoms with E-state index < -0.39 is 6.10 Å². The summed E-state index contributed by atoms with van der Waals surface area (Å²) in [6.07, 6.45) is 2.71. The molecular formula is C18H18N4O. The number of aliphatic hydroxyl groups excluding tert-OH is 1. The SMILES string of the molecule is Cc1ccc(-c2cc(NCC(O)c3ccccc3)ncn2)cn1. The Kier molecular flexibility index (Phi) is 4.59. The molecule has 2 N–H and O–H groups in total. The normalized spacial score (nSPS) is 11.9. The summed E-state index contributed by atoms with van der Waals surface area (Å²) in [5.74, 6) is 0.672. The molecule has 5 heteroatoms. The lowest BCUT2D eigenvalue weighted by Crippen LogP contribution is -2.13. The van der Waals surface area contributed by atoms with E-state index >= 15 is 0 Å². The van der Waals surface area contributed by atoms with Gasteiger partial charge in [0.25, 0.3) is 0 Å². The molecule has 23 heavy (non-hydrogen) atoms. The zero-order valence-electron chi connectivity index (χ0n) is 12.8. The third-order valence-corrected chi connectivity index (χ3v) is 3.54. The summed E-state index contributed by atoms with van der Waals surface area (Å²) in [7, 11) is 0. The van der Waals surface area contributed by atoms with E-state index in [1.807, 2.05) is 55.5 Å². The first kappa shape index (κ1) is 15.1. The molecule has 0 bridgehead atoms. The van der Waals surface area contributed by atoms with Gasteiger partial charge in [-0.2, -0.15) is 0 Å². The predicted octanol–water partition coefficient (Wildman–Crippen LogP) is 2.99. The Labute approximate surface area is 135 Å². The number of rotatable bonds is 5. The molecule has 0 aliphatic carbocycles. The highest BCUT2D eigenvalue weighted by Crippen LogP contribution is 2.19. The Morgan fingerprint density at radius 2 is 1.87 bits per heavy atom. The first-order valence-corrected chi connectivity index (χ1v) is 7.44. The Bertz CT molecular complexity index is 759. The van der Waals surface area contributed by atoms with Crippen molar-refractivity contribution in [2.45, 2.75) is 13.0 Å². The van der Waals surface area contributed by atoms with Crippen LogP contribution in [0.1, 0.15) is 17.4 Å². The van der Waals surface area contributed by atoms with Crippen molar-refractivity contribution in [1.29, 1.82) is 0 Å². The number of nitrogens with zero attached hydrogens (tertiary/aromatic N) is 3. The van der Waals surface area contributed by atoms with E-state index in [0.29, 0.717) is 12.4 Å². The smallest absolute Gasteiger partial charge is 0.130 e. The van der Waals surface area contributed by atoms with Gasteiger partial charge in [0.15, 0.2) is 0 Å². The molecule has 2 heterocycles. The summed E-state index contributed by atoms with van der Waals surface area (Å²) in [5.41, 5.74) is 3.57. The molecule has 0 radical (unpaired) electrons. The monoisotopic (exact) mass is 306 g/mol. The van der Waals surface area contributed by atoms with Crippen molar-refractivity contribution >= 4 is 5.82 Å². The molecule has 0 aliphatic rings. The number of anilines is 1. The molecule has 1 aromatic carbocycles. The van der Waals surface area contributed by atoms with Gasteiger partial charge in [-0.15, -0.1) is 0 Å². The minimum atomic E-state index is -0.587. The van der Waals surface area contributed by atoms with Gasteiger partial charge >= 0.3 is 0 Å². The van der Waals surface area contributed by atoms with Crippen LogP contribution in [-0.4, -0.2) is 26.6 Å². The van der Waals surface area contributed by atoms with Crippen LogP contribution in [0.2, 0.25) is 0 Å². The van der Waals surface area contributed by atoms with Crippen LogP contribution in [0.15, 0.2) is 61.1 Å². The van der Waals surface area contributed by atoms with Gasteiger partial charge in [-0.05, 0) is 24.6 Å². The van der Waals surface area contributed by atoms with Gasteiger partial charge in [0.05, 0.1) is 11.8 Å². The van der Waals surface area contributed by atoms with Gasteiger partial charge in [-0.25, -0.2) is 9.97 Å². The predicted molar refractivity (Wildman–Crippen MR) is 89.9 cm³/mol. The summed E-state index contributed by atoms with van der Waals surface area (Å²) < 4.78 is 0. The van der Waals surface area contributed by atoms with Crippen molar-refractivity contribution in [3.63, 3.8) is 0 Å². The van der Waals surface area contributed by atoms with E-state index in [2.05, 4.69) is 20.3 Å². The highest BCUT2D eigenvalue weighted by molar-refractivity contribution is 5.61. The van der Waals surface area contributed by atoms with Crippen molar-refractivity contribution in [2.75, 3.05) is 11.9 Å². The molecule has 0 saturated carbocycles. The average molecular weight is 306 g/mol. The lowest BCUT2D eigenvalue weighted by molar-refractivity contribution is 0.191. The minimum absolute atomic E-state index is 0.382. The molecule has 0 spiro atoms. The Morgan fingerprint density at radius 3 is 2.61 bits per heavy atom. The second-order valence-electron chi connectivity index (χ2n) is 5.28. The number of aliphatic hydroxyl groups is 1. The molecule has 0 aliphatic heterocycles. The molecule has 0 fully saturated rings. The maximum absolute atomic E-state index is 10.2. The molecule has 1 atom stereocenters. The van der Waals surface area contributed by atoms with E-state index in [1.165, 1.54) is 6.33 Å². The fourth-order valence-corrected chi connectivity index (χ4v) is 2.23. The van der Waals surface area contributed by atoms with Crippen molar-refractivity contribution < 1.29 is 5.11 Å². The average Bonchev–Trinajstić information content (AvgIpc) is 2.61.